The highest BCUT2D eigenvalue weighted by atomic mass is 16.5. The van der Waals surface area contributed by atoms with Crippen molar-refractivity contribution in [3.05, 3.63) is 11.6 Å². The largest absolute Gasteiger partial charge is 0.449 e. The fourth-order valence-corrected chi connectivity index (χ4v) is 0.892. The lowest BCUT2D eigenvalue weighted by Crippen LogP contribution is -2.31. The van der Waals surface area contributed by atoms with Gasteiger partial charge in [-0.3, -0.25) is 0 Å². The van der Waals surface area contributed by atoms with Crippen LogP contribution in [-0.4, -0.2) is 18.7 Å². The average molecular weight is 169 g/mol. The van der Waals surface area contributed by atoms with Crippen LogP contribution in [0.1, 0.15) is 20.8 Å². The SMILES string of the molecule is CC1=C[C@@H]1COC(=O)NC(C)C. The molecule has 0 aliphatic heterocycles. The summed E-state index contributed by atoms with van der Waals surface area (Å²) in [5.41, 5.74) is 1.31. The lowest BCUT2D eigenvalue weighted by Gasteiger charge is -2.08. The van der Waals surface area contributed by atoms with Gasteiger partial charge < -0.3 is 10.1 Å². The number of carbonyl (C=O) groups excluding carboxylic acids is 1. The highest BCUT2D eigenvalue weighted by Crippen LogP contribution is 2.27. The van der Waals surface area contributed by atoms with Crippen molar-refractivity contribution in [1.29, 1.82) is 0 Å². The van der Waals surface area contributed by atoms with E-state index in [0.29, 0.717) is 12.5 Å². The van der Waals surface area contributed by atoms with Crippen molar-refractivity contribution in [2.24, 2.45) is 5.92 Å². The monoisotopic (exact) mass is 169 g/mol. The van der Waals surface area contributed by atoms with Crippen LogP contribution in [0.3, 0.4) is 0 Å². The lowest BCUT2D eigenvalue weighted by atomic mass is 10.3. The molecule has 0 unspecified atom stereocenters. The van der Waals surface area contributed by atoms with Gasteiger partial charge in [0.15, 0.2) is 0 Å². The van der Waals surface area contributed by atoms with Crippen molar-refractivity contribution >= 4 is 6.09 Å². The smallest absolute Gasteiger partial charge is 0.407 e. The molecule has 0 spiro atoms. The Morgan fingerprint density at radius 2 is 2.33 bits per heavy atom. The number of alkyl carbamates (subject to hydrolysis) is 1. The van der Waals surface area contributed by atoms with Crippen molar-refractivity contribution in [3.8, 4) is 0 Å². The minimum Gasteiger partial charge on any atom is -0.449 e. The molecule has 1 atom stereocenters. The number of carbonyl (C=O) groups is 1. The first kappa shape index (κ1) is 9.10. The molecule has 0 aromatic carbocycles. The van der Waals surface area contributed by atoms with Crippen LogP contribution in [0.5, 0.6) is 0 Å². The first-order valence-corrected chi connectivity index (χ1v) is 4.21. The topological polar surface area (TPSA) is 38.3 Å². The predicted molar refractivity (Wildman–Crippen MR) is 46.9 cm³/mol. The van der Waals surface area contributed by atoms with Crippen LogP contribution in [0.15, 0.2) is 11.6 Å². The van der Waals surface area contributed by atoms with Crippen LogP contribution in [0.25, 0.3) is 0 Å². The molecule has 0 aromatic rings. The van der Waals surface area contributed by atoms with Gasteiger partial charge >= 0.3 is 6.09 Å². The Labute approximate surface area is 72.8 Å². The van der Waals surface area contributed by atoms with E-state index in [1.807, 2.05) is 20.8 Å². The third-order valence-electron chi connectivity index (χ3n) is 1.74. The maximum absolute atomic E-state index is 10.9. The molecular weight excluding hydrogens is 154 g/mol. The van der Waals surface area contributed by atoms with E-state index < -0.39 is 0 Å². The molecule has 0 saturated carbocycles. The number of amides is 1. The number of ether oxygens (including phenoxy) is 1. The van der Waals surface area contributed by atoms with Gasteiger partial charge in [-0.1, -0.05) is 11.6 Å². The maximum Gasteiger partial charge on any atom is 0.407 e. The summed E-state index contributed by atoms with van der Waals surface area (Å²) in [6.07, 6.45) is 1.76. The molecule has 3 heteroatoms. The molecule has 0 bridgehead atoms. The van der Waals surface area contributed by atoms with Gasteiger partial charge in [0.05, 0.1) is 0 Å². The summed E-state index contributed by atoms with van der Waals surface area (Å²) in [6.45, 7) is 6.34. The second kappa shape index (κ2) is 3.61. The molecule has 0 radical (unpaired) electrons. The van der Waals surface area contributed by atoms with Crippen LogP contribution in [0.4, 0.5) is 4.79 Å². The summed E-state index contributed by atoms with van der Waals surface area (Å²) in [7, 11) is 0. The summed E-state index contributed by atoms with van der Waals surface area (Å²) in [4.78, 5) is 10.9. The van der Waals surface area contributed by atoms with E-state index in [1.54, 1.807) is 0 Å². The van der Waals surface area contributed by atoms with Crippen molar-refractivity contribution < 1.29 is 9.53 Å². The Kier molecular flexibility index (Phi) is 2.74. The van der Waals surface area contributed by atoms with Crippen molar-refractivity contribution in [2.45, 2.75) is 26.8 Å². The highest BCUT2D eigenvalue weighted by Gasteiger charge is 2.21. The van der Waals surface area contributed by atoms with Crippen LogP contribution in [-0.2, 0) is 4.74 Å². The quantitative estimate of drug-likeness (QED) is 0.653. The molecule has 0 aromatic heterocycles. The van der Waals surface area contributed by atoms with E-state index in [2.05, 4.69) is 11.4 Å². The molecule has 1 N–H and O–H groups in total. The van der Waals surface area contributed by atoms with Gasteiger partial charge in [-0.15, -0.1) is 0 Å². The van der Waals surface area contributed by atoms with Gasteiger partial charge in [-0.2, -0.15) is 0 Å². The second-order valence-corrected chi connectivity index (χ2v) is 3.41. The van der Waals surface area contributed by atoms with E-state index in [-0.39, 0.29) is 12.1 Å². The number of rotatable bonds is 3. The Morgan fingerprint density at radius 1 is 1.75 bits per heavy atom. The summed E-state index contributed by atoms with van der Waals surface area (Å²) in [5, 5.41) is 2.66. The van der Waals surface area contributed by atoms with Crippen LogP contribution in [0.2, 0.25) is 0 Å². The highest BCUT2D eigenvalue weighted by molar-refractivity contribution is 5.67. The Balaban J connectivity index is 2.03. The van der Waals surface area contributed by atoms with Gasteiger partial charge in [-0.05, 0) is 20.8 Å². The Morgan fingerprint density at radius 3 is 2.75 bits per heavy atom. The minimum atomic E-state index is -0.321. The molecular formula is C9H15NO2. The first-order valence-electron chi connectivity index (χ1n) is 4.21. The van der Waals surface area contributed by atoms with Crippen LogP contribution >= 0.6 is 0 Å². The van der Waals surface area contributed by atoms with Crippen LogP contribution in [0, 0.1) is 5.92 Å². The predicted octanol–water partition coefficient (Wildman–Crippen LogP) is 1.70. The summed E-state index contributed by atoms with van der Waals surface area (Å²) in [5.74, 6) is 0.405. The zero-order chi connectivity index (χ0) is 9.14. The number of nitrogens with one attached hydrogen (secondary N) is 1. The normalized spacial score (nSPS) is 20.3. The van der Waals surface area contributed by atoms with Gasteiger partial charge in [0, 0.05) is 12.0 Å². The van der Waals surface area contributed by atoms with Crippen molar-refractivity contribution in [1.82, 2.24) is 5.32 Å². The molecule has 68 valence electrons. The van der Waals surface area contributed by atoms with Crippen molar-refractivity contribution in [3.63, 3.8) is 0 Å². The zero-order valence-corrected chi connectivity index (χ0v) is 7.76. The molecule has 12 heavy (non-hydrogen) atoms. The first-order chi connectivity index (χ1) is 5.59. The zero-order valence-electron chi connectivity index (χ0n) is 7.76. The van der Waals surface area contributed by atoms with Crippen molar-refractivity contribution in [2.75, 3.05) is 6.61 Å². The third-order valence-corrected chi connectivity index (χ3v) is 1.74. The number of hydrogen-bond acceptors (Lipinski definition) is 2. The standard InChI is InChI=1S/C9H15NO2/c1-6(2)10-9(11)12-5-8-4-7(8)3/h4,6,8H,5H2,1-3H3,(H,10,11)/t8-/m1/s1. The maximum atomic E-state index is 10.9. The molecule has 3 nitrogen and oxygen atoms in total. The molecule has 1 rings (SSSR count). The lowest BCUT2D eigenvalue weighted by molar-refractivity contribution is 0.140. The Hall–Kier alpha value is -0.990. The van der Waals surface area contributed by atoms with Gasteiger partial charge in [-0.25, -0.2) is 4.79 Å². The fraction of sp³-hybridized carbons (Fsp3) is 0.667. The van der Waals surface area contributed by atoms with E-state index in [1.165, 1.54) is 5.57 Å². The molecule has 1 aliphatic carbocycles. The van der Waals surface area contributed by atoms with Gasteiger partial charge in [0.2, 0.25) is 0 Å². The summed E-state index contributed by atoms with van der Waals surface area (Å²) in [6, 6.07) is 0.144. The molecule has 1 aliphatic rings. The van der Waals surface area contributed by atoms with Gasteiger partial charge in [0.1, 0.15) is 6.61 Å². The summed E-state index contributed by atoms with van der Waals surface area (Å²) < 4.78 is 4.95. The van der Waals surface area contributed by atoms with E-state index >= 15 is 0 Å². The molecule has 0 fully saturated rings. The molecule has 1 amide bonds. The molecule has 0 heterocycles. The van der Waals surface area contributed by atoms with E-state index in [4.69, 9.17) is 4.74 Å². The van der Waals surface area contributed by atoms with Gasteiger partial charge in [0.25, 0.3) is 0 Å². The fourth-order valence-electron chi connectivity index (χ4n) is 0.892. The second-order valence-electron chi connectivity index (χ2n) is 3.41. The van der Waals surface area contributed by atoms with Crippen LogP contribution < -0.4 is 5.32 Å². The van der Waals surface area contributed by atoms with E-state index in [9.17, 15) is 4.79 Å². The molecule has 0 saturated heterocycles. The third kappa shape index (κ3) is 2.95. The minimum absolute atomic E-state index is 0.144. The Bertz CT molecular complexity index is 209. The number of hydrogen-bond donors (Lipinski definition) is 1. The summed E-state index contributed by atoms with van der Waals surface area (Å²) >= 11 is 0. The average Bonchev–Trinajstić information content (AvgIpc) is 2.61. The van der Waals surface area contributed by atoms with E-state index in [0.717, 1.165) is 0 Å².